The van der Waals surface area contributed by atoms with Gasteiger partial charge in [0.15, 0.2) is 0 Å². The van der Waals surface area contributed by atoms with Gasteiger partial charge in [0.1, 0.15) is 0 Å². The first-order valence-electron chi connectivity index (χ1n) is 6.56. The molecule has 0 heterocycles. The zero-order valence-corrected chi connectivity index (χ0v) is 11.5. The van der Waals surface area contributed by atoms with Crippen LogP contribution in [0.4, 0.5) is 0 Å². The van der Waals surface area contributed by atoms with Gasteiger partial charge < -0.3 is 9.84 Å². The smallest absolute Gasteiger partial charge is 0.0674 e. The summed E-state index contributed by atoms with van der Waals surface area (Å²) in [7, 11) is 1.75. The topological polar surface area (TPSA) is 29.5 Å². The highest BCUT2D eigenvalue weighted by Gasteiger charge is 2.39. The summed E-state index contributed by atoms with van der Waals surface area (Å²) in [6, 6.07) is 0. The van der Waals surface area contributed by atoms with Crippen LogP contribution in [0, 0.1) is 11.8 Å². The van der Waals surface area contributed by atoms with Crippen molar-refractivity contribution in [2.75, 3.05) is 7.11 Å². The zero-order valence-electron chi connectivity index (χ0n) is 11.5. The highest BCUT2D eigenvalue weighted by atomic mass is 16.5. The van der Waals surface area contributed by atoms with Gasteiger partial charge in [-0.2, -0.15) is 0 Å². The zero-order chi connectivity index (χ0) is 12.4. The molecule has 0 aromatic carbocycles. The van der Waals surface area contributed by atoms with Crippen LogP contribution in [0.1, 0.15) is 59.8 Å². The Kier molecular flexibility index (Phi) is 4.42. The molecule has 1 aliphatic carbocycles. The van der Waals surface area contributed by atoms with Gasteiger partial charge in [0.05, 0.1) is 11.2 Å². The lowest BCUT2D eigenvalue weighted by Crippen LogP contribution is -2.42. The minimum absolute atomic E-state index is 0.113. The molecule has 0 bridgehead atoms. The van der Waals surface area contributed by atoms with E-state index in [4.69, 9.17) is 4.74 Å². The molecule has 0 aliphatic heterocycles. The van der Waals surface area contributed by atoms with E-state index in [0.29, 0.717) is 5.92 Å². The molecule has 0 amide bonds. The molecule has 2 heteroatoms. The SMILES string of the molecule is COC(C)(C)CCC1(O)CCC(C)CC1C. The Bertz CT molecular complexity index is 225. The monoisotopic (exact) mass is 228 g/mol. The van der Waals surface area contributed by atoms with Crippen molar-refractivity contribution in [1.82, 2.24) is 0 Å². The van der Waals surface area contributed by atoms with Crippen LogP contribution in [0.15, 0.2) is 0 Å². The molecule has 1 rings (SSSR count). The van der Waals surface area contributed by atoms with Gasteiger partial charge in [-0.3, -0.25) is 0 Å². The third-order valence-corrected chi connectivity index (χ3v) is 4.46. The van der Waals surface area contributed by atoms with Crippen LogP contribution in [0.25, 0.3) is 0 Å². The highest BCUT2D eigenvalue weighted by Crippen LogP contribution is 2.40. The van der Waals surface area contributed by atoms with E-state index < -0.39 is 5.60 Å². The van der Waals surface area contributed by atoms with Crippen molar-refractivity contribution in [1.29, 1.82) is 0 Å². The normalized spacial score (nSPS) is 36.4. The van der Waals surface area contributed by atoms with E-state index in [2.05, 4.69) is 27.7 Å². The van der Waals surface area contributed by atoms with Crippen LogP contribution >= 0.6 is 0 Å². The minimum atomic E-state index is -0.456. The van der Waals surface area contributed by atoms with Crippen molar-refractivity contribution in [3.8, 4) is 0 Å². The molecule has 0 aromatic heterocycles. The van der Waals surface area contributed by atoms with Gasteiger partial charge in [-0.1, -0.05) is 13.8 Å². The predicted octanol–water partition coefficient (Wildman–Crippen LogP) is 3.38. The molecule has 3 unspecified atom stereocenters. The Hall–Kier alpha value is -0.0800. The predicted molar refractivity (Wildman–Crippen MR) is 67.5 cm³/mol. The summed E-state index contributed by atoms with van der Waals surface area (Å²) in [6.45, 7) is 8.66. The number of aliphatic hydroxyl groups is 1. The van der Waals surface area contributed by atoms with Crippen LogP contribution < -0.4 is 0 Å². The van der Waals surface area contributed by atoms with E-state index in [-0.39, 0.29) is 5.60 Å². The summed E-state index contributed by atoms with van der Waals surface area (Å²) < 4.78 is 5.42. The Labute approximate surface area is 100 Å². The standard InChI is InChI=1S/C14H28O2/c1-11-6-7-14(15,12(2)10-11)9-8-13(3,4)16-5/h11-12,15H,6-10H2,1-5H3. The van der Waals surface area contributed by atoms with Crippen LogP contribution in [0.3, 0.4) is 0 Å². The fourth-order valence-corrected chi connectivity index (χ4v) is 2.67. The molecular weight excluding hydrogens is 200 g/mol. The molecule has 1 fully saturated rings. The largest absolute Gasteiger partial charge is 0.390 e. The molecule has 1 saturated carbocycles. The van der Waals surface area contributed by atoms with Gasteiger partial charge >= 0.3 is 0 Å². The molecule has 3 atom stereocenters. The third kappa shape index (κ3) is 3.46. The number of rotatable bonds is 4. The van der Waals surface area contributed by atoms with Gasteiger partial charge in [0.25, 0.3) is 0 Å². The van der Waals surface area contributed by atoms with E-state index in [0.717, 1.165) is 38.0 Å². The van der Waals surface area contributed by atoms with E-state index in [1.807, 2.05) is 0 Å². The Morgan fingerprint density at radius 2 is 2.00 bits per heavy atom. The number of ether oxygens (including phenoxy) is 1. The van der Waals surface area contributed by atoms with Gasteiger partial charge in [0.2, 0.25) is 0 Å². The fourth-order valence-electron chi connectivity index (χ4n) is 2.67. The van der Waals surface area contributed by atoms with E-state index in [9.17, 15) is 5.11 Å². The Morgan fingerprint density at radius 3 is 2.50 bits per heavy atom. The summed E-state index contributed by atoms with van der Waals surface area (Å²) >= 11 is 0. The Balaban J connectivity index is 2.51. The quantitative estimate of drug-likeness (QED) is 0.799. The molecule has 16 heavy (non-hydrogen) atoms. The van der Waals surface area contributed by atoms with Crippen molar-refractivity contribution in [2.24, 2.45) is 11.8 Å². The van der Waals surface area contributed by atoms with E-state index in [1.165, 1.54) is 0 Å². The lowest BCUT2D eigenvalue weighted by Gasteiger charge is -2.42. The lowest BCUT2D eigenvalue weighted by molar-refractivity contribution is -0.0796. The Morgan fingerprint density at radius 1 is 1.38 bits per heavy atom. The lowest BCUT2D eigenvalue weighted by atomic mass is 9.69. The summed E-state index contributed by atoms with van der Waals surface area (Å²) in [6.07, 6.45) is 5.06. The highest BCUT2D eigenvalue weighted by molar-refractivity contribution is 4.91. The average Bonchev–Trinajstić information content (AvgIpc) is 2.22. The molecule has 0 spiro atoms. The van der Waals surface area contributed by atoms with Crippen LogP contribution in [-0.4, -0.2) is 23.4 Å². The molecular formula is C14H28O2. The van der Waals surface area contributed by atoms with Crippen molar-refractivity contribution < 1.29 is 9.84 Å². The van der Waals surface area contributed by atoms with Crippen LogP contribution in [0.2, 0.25) is 0 Å². The first-order valence-corrected chi connectivity index (χ1v) is 6.56. The molecule has 0 saturated heterocycles. The average molecular weight is 228 g/mol. The van der Waals surface area contributed by atoms with Crippen molar-refractivity contribution in [3.63, 3.8) is 0 Å². The van der Waals surface area contributed by atoms with Gasteiger partial charge in [-0.25, -0.2) is 0 Å². The second kappa shape index (κ2) is 5.05. The summed E-state index contributed by atoms with van der Waals surface area (Å²) in [4.78, 5) is 0. The van der Waals surface area contributed by atoms with Crippen molar-refractivity contribution >= 4 is 0 Å². The maximum atomic E-state index is 10.7. The number of hydrogen-bond donors (Lipinski definition) is 1. The van der Waals surface area contributed by atoms with Crippen LogP contribution in [-0.2, 0) is 4.74 Å². The second-order valence-electron chi connectivity index (χ2n) is 6.35. The number of hydrogen-bond acceptors (Lipinski definition) is 2. The third-order valence-electron chi connectivity index (χ3n) is 4.46. The fraction of sp³-hybridized carbons (Fsp3) is 1.00. The van der Waals surface area contributed by atoms with Gasteiger partial charge in [0, 0.05) is 7.11 Å². The maximum absolute atomic E-state index is 10.7. The molecule has 0 aromatic rings. The van der Waals surface area contributed by atoms with E-state index in [1.54, 1.807) is 7.11 Å². The van der Waals surface area contributed by atoms with Crippen molar-refractivity contribution in [2.45, 2.75) is 71.0 Å². The van der Waals surface area contributed by atoms with E-state index >= 15 is 0 Å². The van der Waals surface area contributed by atoms with Gasteiger partial charge in [-0.15, -0.1) is 0 Å². The summed E-state index contributed by atoms with van der Waals surface area (Å²) in [5, 5.41) is 10.7. The first kappa shape index (κ1) is 14.0. The maximum Gasteiger partial charge on any atom is 0.0674 e. The molecule has 1 aliphatic rings. The summed E-state index contributed by atoms with van der Waals surface area (Å²) in [5.74, 6) is 1.19. The second-order valence-corrected chi connectivity index (χ2v) is 6.35. The van der Waals surface area contributed by atoms with Crippen LogP contribution in [0.5, 0.6) is 0 Å². The molecule has 2 nitrogen and oxygen atoms in total. The minimum Gasteiger partial charge on any atom is -0.390 e. The molecule has 0 radical (unpaired) electrons. The molecule has 96 valence electrons. The van der Waals surface area contributed by atoms with Gasteiger partial charge in [-0.05, 0) is 57.8 Å². The van der Waals surface area contributed by atoms with Crippen molar-refractivity contribution in [3.05, 3.63) is 0 Å². The summed E-state index contributed by atoms with van der Waals surface area (Å²) in [5.41, 5.74) is -0.569. The molecule has 1 N–H and O–H groups in total. The first-order chi connectivity index (χ1) is 7.29. The number of methoxy groups -OCH3 is 1.